The van der Waals surface area contributed by atoms with Crippen LogP contribution in [0, 0.1) is 5.92 Å². The maximum Gasteiger partial charge on any atom is 0.271 e. The zero-order valence-corrected chi connectivity index (χ0v) is 14.1. The van der Waals surface area contributed by atoms with E-state index in [9.17, 15) is 15.0 Å². The maximum atomic E-state index is 12.8. The molecule has 1 amide bonds. The van der Waals surface area contributed by atoms with Gasteiger partial charge in [0.2, 0.25) is 0 Å². The van der Waals surface area contributed by atoms with Gasteiger partial charge in [-0.05, 0) is 6.92 Å². The van der Waals surface area contributed by atoms with E-state index in [1.165, 1.54) is 6.20 Å². The van der Waals surface area contributed by atoms with E-state index < -0.39 is 12.2 Å². The van der Waals surface area contributed by atoms with Crippen molar-refractivity contribution in [1.29, 1.82) is 0 Å². The van der Waals surface area contributed by atoms with Gasteiger partial charge in [-0.2, -0.15) is 0 Å². The van der Waals surface area contributed by atoms with Crippen LogP contribution in [0.2, 0.25) is 0 Å². The molecule has 2 heterocycles. The Morgan fingerprint density at radius 1 is 1.32 bits per heavy atom. The van der Waals surface area contributed by atoms with Crippen molar-refractivity contribution in [2.24, 2.45) is 5.92 Å². The summed E-state index contributed by atoms with van der Waals surface area (Å²) in [5.74, 6) is 0.130. The number of hydrogen-bond acceptors (Lipinski definition) is 5. The number of rotatable bonds is 5. The number of H-pyrrole nitrogens is 1. The van der Waals surface area contributed by atoms with Crippen LogP contribution in [0.3, 0.4) is 0 Å². The Labute approximate surface area is 146 Å². The molecule has 0 bridgehead atoms. The fourth-order valence-electron chi connectivity index (χ4n) is 2.99. The second kappa shape index (κ2) is 7.77. The van der Waals surface area contributed by atoms with Crippen molar-refractivity contribution >= 4 is 5.91 Å². The highest BCUT2D eigenvalue weighted by atomic mass is 16.5. The molecular formula is C18H23N3O4. The molecule has 7 heteroatoms. The molecule has 0 unspecified atom stereocenters. The average molecular weight is 345 g/mol. The number of nitrogens with one attached hydrogen (secondary N) is 1. The Bertz CT molecular complexity index is 703. The number of benzene rings is 1. The Morgan fingerprint density at radius 3 is 2.80 bits per heavy atom. The second-order valence-corrected chi connectivity index (χ2v) is 6.21. The molecule has 134 valence electrons. The minimum absolute atomic E-state index is 0.124. The monoisotopic (exact) mass is 345 g/mol. The molecule has 0 aliphatic carbocycles. The number of carbonyl (C=O) groups excluding carboxylic acids is 1. The fraction of sp³-hybridized carbons (Fsp3) is 0.444. The molecule has 0 radical (unpaired) electrons. The molecule has 2 aromatic rings. The molecule has 1 aromatic carbocycles. The molecule has 1 fully saturated rings. The van der Waals surface area contributed by atoms with Crippen LogP contribution in [-0.2, 0) is 4.74 Å². The largest absolute Gasteiger partial charge is 0.390 e. The van der Waals surface area contributed by atoms with E-state index in [4.69, 9.17) is 4.74 Å². The van der Waals surface area contributed by atoms with Crippen LogP contribution in [0.15, 0.2) is 36.5 Å². The van der Waals surface area contributed by atoms with Crippen molar-refractivity contribution < 1.29 is 19.7 Å². The fourth-order valence-corrected chi connectivity index (χ4v) is 2.99. The number of amides is 1. The van der Waals surface area contributed by atoms with Gasteiger partial charge in [0.05, 0.1) is 25.5 Å². The predicted molar refractivity (Wildman–Crippen MR) is 91.9 cm³/mol. The van der Waals surface area contributed by atoms with Gasteiger partial charge in [0.25, 0.3) is 5.91 Å². The van der Waals surface area contributed by atoms with Gasteiger partial charge in [0.15, 0.2) is 0 Å². The van der Waals surface area contributed by atoms with Gasteiger partial charge < -0.3 is 24.8 Å². The summed E-state index contributed by atoms with van der Waals surface area (Å²) in [5.41, 5.74) is 1.30. The van der Waals surface area contributed by atoms with E-state index in [-0.39, 0.29) is 18.4 Å². The first-order valence-electron chi connectivity index (χ1n) is 8.43. The molecule has 0 spiro atoms. The van der Waals surface area contributed by atoms with Crippen molar-refractivity contribution in [1.82, 2.24) is 14.9 Å². The molecule has 1 aromatic heterocycles. The second-order valence-electron chi connectivity index (χ2n) is 6.21. The molecular weight excluding hydrogens is 322 g/mol. The first-order chi connectivity index (χ1) is 12.1. The minimum Gasteiger partial charge on any atom is -0.390 e. The molecule has 1 saturated heterocycles. The Morgan fingerprint density at radius 2 is 2.08 bits per heavy atom. The van der Waals surface area contributed by atoms with E-state index in [0.717, 1.165) is 5.56 Å². The third-order valence-corrected chi connectivity index (χ3v) is 4.48. The number of aliphatic hydroxyl groups excluding tert-OH is 2. The van der Waals surface area contributed by atoms with E-state index in [2.05, 4.69) is 9.97 Å². The lowest BCUT2D eigenvalue weighted by molar-refractivity contribution is -0.123. The average Bonchev–Trinajstić information content (AvgIpc) is 3.13. The quantitative estimate of drug-likeness (QED) is 0.748. The molecule has 25 heavy (non-hydrogen) atoms. The summed E-state index contributed by atoms with van der Waals surface area (Å²) < 4.78 is 5.29. The van der Waals surface area contributed by atoms with Crippen LogP contribution >= 0.6 is 0 Å². The van der Waals surface area contributed by atoms with Gasteiger partial charge in [-0.15, -0.1) is 0 Å². The molecule has 7 nitrogen and oxygen atoms in total. The van der Waals surface area contributed by atoms with Crippen LogP contribution in [0.5, 0.6) is 0 Å². The highest BCUT2D eigenvalue weighted by Gasteiger charge is 2.33. The van der Waals surface area contributed by atoms with E-state index >= 15 is 0 Å². The van der Waals surface area contributed by atoms with Gasteiger partial charge in [-0.25, -0.2) is 4.98 Å². The number of nitrogens with zero attached hydrogens (tertiary/aromatic N) is 2. The smallest absolute Gasteiger partial charge is 0.271 e. The molecule has 1 aliphatic rings. The Balaban J connectivity index is 1.71. The van der Waals surface area contributed by atoms with Crippen LogP contribution < -0.4 is 0 Å². The highest BCUT2D eigenvalue weighted by Crippen LogP contribution is 2.19. The number of carbonyl (C=O) groups is 1. The van der Waals surface area contributed by atoms with E-state index in [1.54, 1.807) is 4.90 Å². The number of aliphatic hydroxyl groups is 2. The number of hydrogen-bond donors (Lipinski definition) is 3. The van der Waals surface area contributed by atoms with Crippen LogP contribution in [-0.4, -0.2) is 69.5 Å². The predicted octanol–water partition coefficient (Wildman–Crippen LogP) is 0.907. The highest BCUT2D eigenvalue weighted by molar-refractivity contribution is 5.92. The van der Waals surface area contributed by atoms with Crippen LogP contribution in [0.4, 0.5) is 0 Å². The lowest BCUT2D eigenvalue weighted by Gasteiger charge is -2.35. The Hall–Kier alpha value is -2.22. The molecule has 0 saturated carbocycles. The van der Waals surface area contributed by atoms with E-state index in [1.807, 2.05) is 37.3 Å². The third kappa shape index (κ3) is 3.89. The topological polar surface area (TPSA) is 98.7 Å². The number of aromatic amines is 1. The van der Waals surface area contributed by atoms with Gasteiger partial charge in [0.1, 0.15) is 17.6 Å². The summed E-state index contributed by atoms with van der Waals surface area (Å²) in [6, 6.07) is 9.58. The first kappa shape index (κ1) is 17.6. The van der Waals surface area contributed by atoms with Crippen molar-refractivity contribution in [3.63, 3.8) is 0 Å². The van der Waals surface area contributed by atoms with Crippen molar-refractivity contribution in [2.45, 2.75) is 19.1 Å². The van der Waals surface area contributed by atoms with E-state index in [0.29, 0.717) is 31.2 Å². The molecule has 3 atom stereocenters. The molecule has 1 aliphatic heterocycles. The normalized spacial score (nSPS) is 23.4. The number of ether oxygens (including phenoxy) is 1. The standard InChI is InChI=1S/C18H23N3O4/c1-2-21(9-13-10-25-11-15(22)16(13)23)18(24)14-8-19-17(20-14)12-6-4-3-5-7-12/h3-8,13,15-16,22-23H,2,9-11H2,1H3,(H,19,20)/t13-,15-,16+/m1/s1. The van der Waals surface area contributed by atoms with Crippen LogP contribution in [0.1, 0.15) is 17.4 Å². The lowest BCUT2D eigenvalue weighted by Crippen LogP contribution is -2.49. The summed E-state index contributed by atoms with van der Waals surface area (Å²) in [5, 5.41) is 19.8. The zero-order valence-electron chi connectivity index (χ0n) is 14.1. The Kier molecular flexibility index (Phi) is 5.47. The maximum absolute atomic E-state index is 12.8. The minimum atomic E-state index is -0.913. The molecule has 3 rings (SSSR count). The SMILES string of the molecule is CCN(C[C@@H]1COC[C@@H](O)[C@H]1O)C(=O)c1cnc(-c2ccccc2)[nH]1. The van der Waals surface area contributed by atoms with Gasteiger partial charge in [-0.3, -0.25) is 4.79 Å². The molecule has 3 N–H and O–H groups in total. The van der Waals surface area contributed by atoms with Crippen molar-refractivity contribution in [3.8, 4) is 11.4 Å². The van der Waals surface area contributed by atoms with Crippen molar-refractivity contribution in [3.05, 3.63) is 42.2 Å². The van der Waals surface area contributed by atoms with Crippen LogP contribution in [0.25, 0.3) is 11.4 Å². The van der Waals surface area contributed by atoms with Gasteiger partial charge in [-0.1, -0.05) is 30.3 Å². The zero-order chi connectivity index (χ0) is 17.8. The summed E-state index contributed by atoms with van der Waals surface area (Å²) >= 11 is 0. The van der Waals surface area contributed by atoms with Gasteiger partial charge in [0, 0.05) is 24.6 Å². The summed E-state index contributed by atoms with van der Waals surface area (Å²) in [6.45, 7) is 3.11. The number of imidazole rings is 1. The van der Waals surface area contributed by atoms with Crippen molar-refractivity contribution in [2.75, 3.05) is 26.3 Å². The van der Waals surface area contributed by atoms with Gasteiger partial charge >= 0.3 is 0 Å². The summed E-state index contributed by atoms with van der Waals surface area (Å²) in [7, 11) is 0. The first-order valence-corrected chi connectivity index (χ1v) is 8.43. The third-order valence-electron chi connectivity index (χ3n) is 4.48. The summed E-state index contributed by atoms with van der Waals surface area (Å²) in [6.07, 6.45) is -0.280. The lowest BCUT2D eigenvalue weighted by atomic mass is 9.96. The summed E-state index contributed by atoms with van der Waals surface area (Å²) in [4.78, 5) is 21.7. The number of aromatic nitrogens is 2.